The third kappa shape index (κ3) is 3.49. The lowest BCUT2D eigenvalue weighted by Gasteiger charge is -1.96. The van der Waals surface area contributed by atoms with Crippen molar-refractivity contribution in [2.75, 3.05) is 5.75 Å². The minimum absolute atomic E-state index is 0.0898. The standard InChI is InChI=1S/C9H11FO3S/c1-2-14-9(12)7(10)5-13-8(11)6-3-4-6/h5-6H,2-4H2,1H3. The van der Waals surface area contributed by atoms with Gasteiger partial charge in [0.2, 0.25) is 5.83 Å². The first kappa shape index (κ1) is 11.2. The van der Waals surface area contributed by atoms with Gasteiger partial charge in [0.15, 0.2) is 0 Å². The zero-order chi connectivity index (χ0) is 10.6. The summed E-state index contributed by atoms with van der Waals surface area (Å²) in [5.41, 5.74) is 0. The van der Waals surface area contributed by atoms with Crippen molar-refractivity contribution < 1.29 is 18.7 Å². The molecule has 3 nitrogen and oxygen atoms in total. The molecule has 0 atom stereocenters. The Bertz CT molecular complexity index is 271. The van der Waals surface area contributed by atoms with Crippen LogP contribution in [0.15, 0.2) is 12.1 Å². The quantitative estimate of drug-likeness (QED) is 0.411. The van der Waals surface area contributed by atoms with Gasteiger partial charge in [0.05, 0.1) is 5.92 Å². The molecular formula is C9H11FO3S. The predicted molar refractivity (Wildman–Crippen MR) is 51.1 cm³/mol. The first-order valence-electron chi connectivity index (χ1n) is 4.38. The molecular weight excluding hydrogens is 207 g/mol. The van der Waals surface area contributed by atoms with Gasteiger partial charge in [-0.2, -0.15) is 4.39 Å². The minimum Gasteiger partial charge on any atom is -0.431 e. The number of ether oxygens (including phenoxy) is 1. The number of esters is 1. The molecule has 1 aliphatic rings. The number of hydrogen-bond acceptors (Lipinski definition) is 4. The van der Waals surface area contributed by atoms with E-state index in [1.165, 1.54) is 0 Å². The maximum absolute atomic E-state index is 12.8. The number of carbonyl (C=O) groups excluding carboxylic acids is 2. The Labute approximate surface area is 85.7 Å². The van der Waals surface area contributed by atoms with E-state index in [1.807, 2.05) is 0 Å². The lowest BCUT2D eigenvalue weighted by molar-refractivity contribution is -0.139. The van der Waals surface area contributed by atoms with Crippen LogP contribution in [0, 0.1) is 5.92 Å². The van der Waals surface area contributed by atoms with Gasteiger partial charge in [-0.05, 0) is 18.6 Å². The molecule has 1 aliphatic carbocycles. The molecule has 0 unspecified atom stereocenters. The Hall–Kier alpha value is -0.840. The van der Waals surface area contributed by atoms with Crippen molar-refractivity contribution in [1.29, 1.82) is 0 Å². The molecule has 0 N–H and O–H groups in total. The summed E-state index contributed by atoms with van der Waals surface area (Å²) in [5, 5.41) is -0.698. The van der Waals surface area contributed by atoms with E-state index in [4.69, 9.17) is 0 Å². The van der Waals surface area contributed by atoms with E-state index in [1.54, 1.807) is 6.92 Å². The van der Waals surface area contributed by atoms with E-state index in [0.29, 0.717) is 12.0 Å². The van der Waals surface area contributed by atoms with E-state index >= 15 is 0 Å². The van der Waals surface area contributed by atoms with Gasteiger partial charge in [-0.1, -0.05) is 18.7 Å². The van der Waals surface area contributed by atoms with Crippen LogP contribution >= 0.6 is 11.8 Å². The molecule has 78 valence electrons. The highest BCUT2D eigenvalue weighted by Crippen LogP contribution is 2.30. The molecule has 0 aromatic rings. The summed E-state index contributed by atoms with van der Waals surface area (Å²) >= 11 is 0.842. The minimum atomic E-state index is -1.01. The Morgan fingerprint density at radius 2 is 2.21 bits per heavy atom. The maximum atomic E-state index is 12.8. The van der Waals surface area contributed by atoms with Gasteiger partial charge < -0.3 is 4.74 Å². The Morgan fingerprint density at radius 1 is 1.57 bits per heavy atom. The van der Waals surface area contributed by atoms with Crippen LogP contribution in [-0.2, 0) is 14.3 Å². The van der Waals surface area contributed by atoms with Crippen molar-refractivity contribution in [2.24, 2.45) is 5.92 Å². The van der Waals surface area contributed by atoms with Gasteiger partial charge in [0, 0.05) is 0 Å². The average Bonchev–Trinajstić information content (AvgIpc) is 2.97. The molecule has 0 radical (unpaired) electrons. The highest BCUT2D eigenvalue weighted by atomic mass is 32.2. The van der Waals surface area contributed by atoms with E-state index in [0.717, 1.165) is 24.6 Å². The molecule has 0 amide bonds. The third-order valence-corrected chi connectivity index (χ3v) is 2.41. The largest absolute Gasteiger partial charge is 0.431 e. The molecule has 5 heteroatoms. The second-order valence-electron chi connectivity index (χ2n) is 2.90. The van der Waals surface area contributed by atoms with Crippen LogP contribution in [0.4, 0.5) is 4.39 Å². The highest BCUT2D eigenvalue weighted by Gasteiger charge is 2.31. The SMILES string of the molecule is CCSC(=O)C(F)=COC(=O)C1CC1. The zero-order valence-corrected chi connectivity index (χ0v) is 8.60. The average molecular weight is 218 g/mol. The van der Waals surface area contributed by atoms with Crippen LogP contribution in [0.1, 0.15) is 19.8 Å². The van der Waals surface area contributed by atoms with Crippen LogP contribution < -0.4 is 0 Å². The fourth-order valence-corrected chi connectivity index (χ4v) is 1.22. The summed E-state index contributed by atoms with van der Waals surface area (Å²) in [5.74, 6) is -1.05. The summed E-state index contributed by atoms with van der Waals surface area (Å²) in [4.78, 5) is 21.8. The maximum Gasteiger partial charge on any atom is 0.313 e. The van der Waals surface area contributed by atoms with Crippen molar-refractivity contribution in [1.82, 2.24) is 0 Å². The Morgan fingerprint density at radius 3 is 2.71 bits per heavy atom. The van der Waals surface area contributed by atoms with Crippen LogP contribution in [-0.4, -0.2) is 16.8 Å². The molecule has 0 aliphatic heterocycles. The summed E-state index contributed by atoms with van der Waals surface area (Å²) in [6, 6.07) is 0. The number of rotatable bonds is 4. The van der Waals surface area contributed by atoms with Crippen LogP contribution in [0.2, 0.25) is 0 Å². The van der Waals surface area contributed by atoms with Crippen molar-refractivity contribution in [3.8, 4) is 0 Å². The molecule has 1 fully saturated rings. The van der Waals surface area contributed by atoms with Crippen LogP contribution in [0.25, 0.3) is 0 Å². The monoisotopic (exact) mass is 218 g/mol. The first-order chi connectivity index (χ1) is 6.65. The van der Waals surface area contributed by atoms with Crippen molar-refractivity contribution in [3.63, 3.8) is 0 Å². The number of halogens is 1. The summed E-state index contributed by atoms with van der Waals surface area (Å²) in [6.07, 6.45) is 2.20. The van der Waals surface area contributed by atoms with Gasteiger partial charge in [0.25, 0.3) is 5.12 Å². The molecule has 0 saturated heterocycles. The Balaban J connectivity index is 2.34. The van der Waals surface area contributed by atoms with E-state index < -0.39 is 16.9 Å². The summed E-state index contributed by atoms with van der Waals surface area (Å²) in [6.45, 7) is 1.74. The predicted octanol–water partition coefficient (Wildman–Crippen LogP) is 2.03. The van der Waals surface area contributed by atoms with E-state index in [9.17, 15) is 14.0 Å². The summed E-state index contributed by atoms with van der Waals surface area (Å²) in [7, 11) is 0. The smallest absolute Gasteiger partial charge is 0.313 e. The molecule has 1 rings (SSSR count). The van der Waals surface area contributed by atoms with Crippen molar-refractivity contribution in [3.05, 3.63) is 12.1 Å². The van der Waals surface area contributed by atoms with Crippen molar-refractivity contribution >= 4 is 22.8 Å². The lowest BCUT2D eigenvalue weighted by Crippen LogP contribution is -2.03. The third-order valence-electron chi connectivity index (χ3n) is 1.66. The van der Waals surface area contributed by atoms with Gasteiger partial charge in [0.1, 0.15) is 6.26 Å². The summed E-state index contributed by atoms with van der Waals surface area (Å²) < 4.78 is 17.3. The highest BCUT2D eigenvalue weighted by molar-refractivity contribution is 8.14. The van der Waals surface area contributed by atoms with Gasteiger partial charge in [-0.25, -0.2) is 0 Å². The van der Waals surface area contributed by atoms with Gasteiger partial charge in [-0.15, -0.1) is 0 Å². The van der Waals surface area contributed by atoms with E-state index in [-0.39, 0.29) is 5.92 Å². The Kier molecular flexibility index (Phi) is 4.13. The number of hydrogen-bond donors (Lipinski definition) is 0. The lowest BCUT2D eigenvalue weighted by atomic mass is 10.4. The number of carbonyl (C=O) groups is 2. The molecule has 0 aromatic carbocycles. The van der Waals surface area contributed by atoms with Crippen LogP contribution in [0.3, 0.4) is 0 Å². The molecule has 0 heterocycles. The first-order valence-corrected chi connectivity index (χ1v) is 5.37. The van der Waals surface area contributed by atoms with Gasteiger partial charge >= 0.3 is 5.97 Å². The zero-order valence-electron chi connectivity index (χ0n) is 7.79. The van der Waals surface area contributed by atoms with Crippen molar-refractivity contribution in [2.45, 2.75) is 19.8 Å². The van der Waals surface area contributed by atoms with E-state index in [2.05, 4.69) is 4.74 Å². The fraction of sp³-hybridized carbons (Fsp3) is 0.556. The second kappa shape index (κ2) is 5.14. The molecule has 1 saturated carbocycles. The number of thioether (sulfide) groups is 1. The second-order valence-corrected chi connectivity index (χ2v) is 4.13. The van der Waals surface area contributed by atoms with Gasteiger partial charge in [-0.3, -0.25) is 9.59 Å². The molecule has 0 spiro atoms. The topological polar surface area (TPSA) is 43.4 Å². The molecule has 0 aromatic heterocycles. The normalized spacial score (nSPS) is 16.6. The fourth-order valence-electron chi connectivity index (χ4n) is 0.773. The molecule has 14 heavy (non-hydrogen) atoms. The van der Waals surface area contributed by atoms with Crippen LogP contribution in [0.5, 0.6) is 0 Å². The molecule has 0 bridgehead atoms.